The number of H-pyrrole nitrogens is 1. The molecule has 26 heavy (non-hydrogen) atoms. The third-order valence-electron chi connectivity index (χ3n) is 6.06. The molecule has 5 heterocycles. The second kappa shape index (κ2) is 7.33. The molecule has 7 heteroatoms. The van der Waals surface area contributed by atoms with E-state index in [1.807, 2.05) is 11.7 Å². The number of hydrogen-bond donors (Lipinski definition) is 1. The molecule has 5 rings (SSSR count). The van der Waals surface area contributed by atoms with Gasteiger partial charge in [0.15, 0.2) is 0 Å². The summed E-state index contributed by atoms with van der Waals surface area (Å²) in [6.07, 6.45) is 5.35. The fourth-order valence-corrected chi connectivity index (χ4v) is 4.81. The van der Waals surface area contributed by atoms with E-state index in [4.69, 9.17) is 11.6 Å². The van der Waals surface area contributed by atoms with Crippen LogP contribution in [0.4, 0.5) is 0 Å². The molecule has 0 spiro atoms. The molecule has 2 unspecified atom stereocenters. The Balaban J connectivity index is 1.49. The van der Waals surface area contributed by atoms with E-state index in [0.29, 0.717) is 6.04 Å². The minimum absolute atomic E-state index is 0.592. The summed E-state index contributed by atoms with van der Waals surface area (Å²) in [4.78, 5) is 12.9. The molecule has 0 saturated carbocycles. The number of aromatic amines is 1. The van der Waals surface area contributed by atoms with Crippen molar-refractivity contribution >= 4 is 11.6 Å². The van der Waals surface area contributed by atoms with Crippen LogP contribution in [0, 0.1) is 12.8 Å². The Morgan fingerprint density at radius 3 is 2.77 bits per heavy atom. The molecule has 142 valence electrons. The average Bonchev–Trinajstić information content (AvgIpc) is 3.00. The van der Waals surface area contributed by atoms with Crippen LogP contribution >= 0.6 is 11.6 Å². The van der Waals surface area contributed by atoms with Crippen LogP contribution in [0.15, 0.2) is 6.33 Å². The second-order valence-corrected chi connectivity index (χ2v) is 8.25. The van der Waals surface area contributed by atoms with Gasteiger partial charge in [0.2, 0.25) is 0 Å². The number of aryl methyl sites for hydroxylation is 3. The average molecular weight is 377 g/mol. The minimum Gasteiger partial charge on any atom is -0.348 e. The zero-order chi connectivity index (χ0) is 18.3. The van der Waals surface area contributed by atoms with Crippen LogP contribution < -0.4 is 0 Å². The van der Waals surface area contributed by atoms with Gasteiger partial charge in [-0.25, -0.2) is 4.98 Å². The topological polar surface area (TPSA) is 53.0 Å². The summed E-state index contributed by atoms with van der Waals surface area (Å²) in [6, 6.07) is 0.592. The molecule has 3 fully saturated rings. The molecule has 3 aliphatic heterocycles. The number of halogens is 1. The maximum absolute atomic E-state index is 6.55. The first-order valence-electron chi connectivity index (χ1n) is 9.70. The van der Waals surface area contributed by atoms with Crippen LogP contribution in [0.1, 0.15) is 42.4 Å². The van der Waals surface area contributed by atoms with Gasteiger partial charge in [-0.2, -0.15) is 5.10 Å². The SMILES string of the molecule is CCc1nn(C)c(Cl)c1CN1CC2CCC1CN(Cc1nc[nH]c1C)C2. The summed E-state index contributed by atoms with van der Waals surface area (Å²) in [5, 5.41) is 5.39. The van der Waals surface area contributed by atoms with Crippen LogP contribution in [0.25, 0.3) is 0 Å². The molecular weight excluding hydrogens is 348 g/mol. The van der Waals surface area contributed by atoms with Gasteiger partial charge < -0.3 is 4.98 Å². The fraction of sp³-hybridized carbons (Fsp3) is 0.684. The Hall–Kier alpha value is -1.37. The van der Waals surface area contributed by atoms with E-state index in [1.165, 1.54) is 36.3 Å². The first kappa shape index (κ1) is 18.0. The van der Waals surface area contributed by atoms with Crippen molar-refractivity contribution in [2.45, 2.75) is 52.2 Å². The van der Waals surface area contributed by atoms with Crippen LogP contribution in [-0.4, -0.2) is 55.2 Å². The van der Waals surface area contributed by atoms with Crippen molar-refractivity contribution in [3.63, 3.8) is 0 Å². The molecule has 0 radical (unpaired) electrons. The standard InChI is InChI=1S/C19H29ClN6/c1-4-17-16(19(20)24(3)23-17)10-26-8-14-5-6-15(26)9-25(7-14)11-18-13(2)21-12-22-18/h12,14-15H,4-11H2,1-3H3,(H,21,22). The minimum atomic E-state index is 0.592. The first-order chi connectivity index (χ1) is 12.5. The van der Waals surface area contributed by atoms with Crippen molar-refractivity contribution < 1.29 is 0 Å². The fourth-order valence-electron chi connectivity index (χ4n) is 4.60. The number of nitrogens with zero attached hydrogens (tertiary/aromatic N) is 5. The Morgan fingerprint density at radius 2 is 2.04 bits per heavy atom. The molecule has 2 aromatic heterocycles. The van der Waals surface area contributed by atoms with E-state index >= 15 is 0 Å². The van der Waals surface area contributed by atoms with Crippen molar-refractivity contribution in [3.05, 3.63) is 34.1 Å². The van der Waals surface area contributed by atoms with Gasteiger partial charge in [0.1, 0.15) is 5.15 Å². The number of imidazole rings is 1. The number of piperidine rings is 1. The highest BCUT2D eigenvalue weighted by atomic mass is 35.5. The molecule has 2 aromatic rings. The Bertz CT molecular complexity index is 766. The zero-order valence-corrected chi connectivity index (χ0v) is 16.8. The smallest absolute Gasteiger partial charge is 0.131 e. The van der Waals surface area contributed by atoms with Gasteiger partial charge in [0.05, 0.1) is 17.7 Å². The van der Waals surface area contributed by atoms with Crippen LogP contribution in [0.5, 0.6) is 0 Å². The van der Waals surface area contributed by atoms with Crippen LogP contribution in [-0.2, 0) is 26.6 Å². The predicted octanol–water partition coefficient (Wildman–Crippen LogP) is 2.76. The van der Waals surface area contributed by atoms with Gasteiger partial charge in [-0.3, -0.25) is 14.5 Å². The highest BCUT2D eigenvalue weighted by molar-refractivity contribution is 6.30. The Labute approximate surface area is 160 Å². The summed E-state index contributed by atoms with van der Waals surface area (Å²) in [7, 11) is 1.94. The molecule has 2 bridgehead atoms. The maximum atomic E-state index is 6.55. The number of fused-ring (bicyclic) bond motifs is 4. The van der Waals surface area contributed by atoms with E-state index < -0.39 is 0 Å². The summed E-state index contributed by atoms with van der Waals surface area (Å²) in [6.45, 7) is 9.58. The van der Waals surface area contributed by atoms with Crippen molar-refractivity contribution in [2.75, 3.05) is 19.6 Å². The highest BCUT2D eigenvalue weighted by Crippen LogP contribution is 2.32. The normalized spacial score (nSPS) is 24.3. The van der Waals surface area contributed by atoms with Gasteiger partial charge in [0.25, 0.3) is 0 Å². The maximum Gasteiger partial charge on any atom is 0.131 e. The third-order valence-corrected chi connectivity index (χ3v) is 6.53. The molecule has 3 aliphatic rings. The van der Waals surface area contributed by atoms with E-state index in [9.17, 15) is 0 Å². The summed E-state index contributed by atoms with van der Waals surface area (Å²) in [5.74, 6) is 0.730. The van der Waals surface area contributed by atoms with Gasteiger partial charge in [0, 0.05) is 57.1 Å². The summed E-state index contributed by atoms with van der Waals surface area (Å²) in [5.41, 5.74) is 4.73. The molecule has 0 aliphatic carbocycles. The van der Waals surface area contributed by atoms with Gasteiger partial charge in [-0.1, -0.05) is 18.5 Å². The van der Waals surface area contributed by atoms with Crippen molar-refractivity contribution in [2.24, 2.45) is 13.0 Å². The molecule has 3 saturated heterocycles. The number of hydrogen-bond acceptors (Lipinski definition) is 4. The summed E-state index contributed by atoms with van der Waals surface area (Å²) < 4.78 is 1.82. The van der Waals surface area contributed by atoms with Gasteiger partial charge in [-0.05, 0) is 32.1 Å². The third kappa shape index (κ3) is 3.42. The lowest BCUT2D eigenvalue weighted by Crippen LogP contribution is -2.43. The molecule has 2 atom stereocenters. The predicted molar refractivity (Wildman–Crippen MR) is 103 cm³/mol. The van der Waals surface area contributed by atoms with Crippen LogP contribution in [0.2, 0.25) is 5.15 Å². The summed E-state index contributed by atoms with van der Waals surface area (Å²) >= 11 is 6.55. The quantitative estimate of drug-likeness (QED) is 0.871. The second-order valence-electron chi connectivity index (χ2n) is 7.89. The van der Waals surface area contributed by atoms with Crippen LogP contribution in [0.3, 0.4) is 0 Å². The van der Waals surface area contributed by atoms with E-state index in [-0.39, 0.29) is 0 Å². The molecule has 1 N–H and O–H groups in total. The zero-order valence-electron chi connectivity index (χ0n) is 16.0. The first-order valence-corrected chi connectivity index (χ1v) is 10.1. The molecule has 6 nitrogen and oxygen atoms in total. The van der Waals surface area contributed by atoms with Crippen molar-refractivity contribution in [3.8, 4) is 0 Å². The van der Waals surface area contributed by atoms with E-state index in [2.05, 4.69) is 38.7 Å². The lowest BCUT2D eigenvalue weighted by atomic mass is 9.94. The number of rotatable bonds is 5. The number of aromatic nitrogens is 4. The molecule has 0 amide bonds. The van der Waals surface area contributed by atoms with Gasteiger partial charge >= 0.3 is 0 Å². The van der Waals surface area contributed by atoms with E-state index in [1.54, 1.807) is 6.33 Å². The largest absolute Gasteiger partial charge is 0.348 e. The van der Waals surface area contributed by atoms with Crippen molar-refractivity contribution in [1.82, 2.24) is 29.5 Å². The van der Waals surface area contributed by atoms with E-state index in [0.717, 1.165) is 49.4 Å². The lowest BCUT2D eigenvalue weighted by Gasteiger charge is -2.36. The van der Waals surface area contributed by atoms with Gasteiger partial charge in [-0.15, -0.1) is 0 Å². The molecular formula is C19H29ClN6. The van der Waals surface area contributed by atoms with Crippen molar-refractivity contribution in [1.29, 1.82) is 0 Å². The highest BCUT2D eigenvalue weighted by Gasteiger charge is 2.35. The Kier molecular flexibility index (Phi) is 5.08. The number of nitrogens with one attached hydrogen (secondary N) is 1. The monoisotopic (exact) mass is 376 g/mol. The molecule has 0 aromatic carbocycles. The lowest BCUT2D eigenvalue weighted by molar-refractivity contribution is 0.122. The Morgan fingerprint density at radius 1 is 1.19 bits per heavy atom.